The number of rotatable bonds is 2. The predicted molar refractivity (Wildman–Crippen MR) is 65.3 cm³/mol. The van der Waals surface area contributed by atoms with Crippen molar-refractivity contribution in [1.29, 1.82) is 0 Å². The van der Waals surface area contributed by atoms with E-state index >= 15 is 0 Å². The lowest BCUT2D eigenvalue weighted by atomic mass is 9.95. The highest BCUT2D eigenvalue weighted by atomic mass is 32.2. The van der Waals surface area contributed by atoms with E-state index in [0.717, 1.165) is 6.42 Å². The minimum atomic E-state index is 0.115. The molecule has 0 aliphatic carbocycles. The van der Waals surface area contributed by atoms with Gasteiger partial charge in [-0.15, -0.1) is 5.92 Å². The summed E-state index contributed by atoms with van der Waals surface area (Å²) in [5.41, 5.74) is 6.21. The number of hydrogen-bond donors (Lipinski definition) is 1. The van der Waals surface area contributed by atoms with Crippen LogP contribution in [0.5, 0.6) is 0 Å². The zero-order valence-corrected chi connectivity index (χ0v) is 10.3. The lowest BCUT2D eigenvalue weighted by Gasteiger charge is -2.15. The average molecular weight is 211 g/mol. The van der Waals surface area contributed by atoms with Gasteiger partial charge in [-0.3, -0.25) is 0 Å². The molecule has 0 aromatic heterocycles. The Hall–Kier alpha value is -0.130. The van der Waals surface area contributed by atoms with Gasteiger partial charge >= 0.3 is 0 Å². The molecular weight excluding hydrogens is 190 g/mol. The van der Waals surface area contributed by atoms with Crippen molar-refractivity contribution in [1.82, 2.24) is 0 Å². The summed E-state index contributed by atoms with van der Waals surface area (Å²) in [5.74, 6) is 9.68. The van der Waals surface area contributed by atoms with Gasteiger partial charge in [0.15, 0.2) is 0 Å². The van der Waals surface area contributed by atoms with Gasteiger partial charge in [-0.2, -0.15) is 11.8 Å². The van der Waals surface area contributed by atoms with Crippen LogP contribution in [-0.2, 0) is 0 Å². The van der Waals surface area contributed by atoms with Gasteiger partial charge in [-0.05, 0) is 44.6 Å². The van der Waals surface area contributed by atoms with E-state index in [-0.39, 0.29) is 5.41 Å². The SMILES string of the molecule is CC(C)(C)C#CCC(N)C1CCSC1. The standard InChI is InChI=1S/C12H21NS/c1-12(2,3)7-4-5-11(13)10-6-8-14-9-10/h10-11H,5-6,8-9,13H2,1-3H3. The second-order valence-electron chi connectivity index (χ2n) is 5.04. The van der Waals surface area contributed by atoms with Crippen molar-refractivity contribution in [2.45, 2.75) is 39.7 Å². The van der Waals surface area contributed by atoms with Gasteiger partial charge in [0.05, 0.1) is 0 Å². The van der Waals surface area contributed by atoms with E-state index in [4.69, 9.17) is 5.73 Å². The van der Waals surface area contributed by atoms with Crippen molar-refractivity contribution in [3.8, 4) is 11.8 Å². The quantitative estimate of drug-likeness (QED) is 0.710. The first-order chi connectivity index (χ1) is 6.49. The molecule has 0 spiro atoms. The van der Waals surface area contributed by atoms with E-state index in [0.29, 0.717) is 12.0 Å². The van der Waals surface area contributed by atoms with Gasteiger partial charge in [0, 0.05) is 17.9 Å². The van der Waals surface area contributed by atoms with Crippen LogP contribution in [0.15, 0.2) is 0 Å². The third-order valence-corrected chi connectivity index (χ3v) is 3.56. The summed E-state index contributed by atoms with van der Waals surface area (Å²) in [5, 5.41) is 0. The number of thioether (sulfide) groups is 1. The molecule has 80 valence electrons. The van der Waals surface area contributed by atoms with E-state index in [1.165, 1.54) is 17.9 Å². The maximum absolute atomic E-state index is 6.09. The molecule has 2 N–H and O–H groups in total. The summed E-state index contributed by atoms with van der Waals surface area (Å²) in [6.45, 7) is 6.41. The Morgan fingerprint density at radius 1 is 1.50 bits per heavy atom. The Bertz CT molecular complexity index is 225. The summed E-state index contributed by atoms with van der Waals surface area (Å²) in [7, 11) is 0. The van der Waals surface area contributed by atoms with Gasteiger partial charge in [0.25, 0.3) is 0 Å². The van der Waals surface area contributed by atoms with Crippen molar-refractivity contribution in [3.63, 3.8) is 0 Å². The topological polar surface area (TPSA) is 26.0 Å². The molecule has 1 nitrogen and oxygen atoms in total. The maximum Gasteiger partial charge on any atom is 0.0244 e. The van der Waals surface area contributed by atoms with E-state index in [1.54, 1.807) is 0 Å². The molecule has 1 fully saturated rings. The largest absolute Gasteiger partial charge is 0.327 e. The van der Waals surface area contributed by atoms with Crippen molar-refractivity contribution in [2.75, 3.05) is 11.5 Å². The van der Waals surface area contributed by atoms with Gasteiger partial charge in [0.1, 0.15) is 0 Å². The molecule has 1 saturated heterocycles. The minimum absolute atomic E-state index is 0.115. The zero-order chi connectivity index (χ0) is 10.6. The lowest BCUT2D eigenvalue weighted by molar-refractivity contribution is 0.472. The molecule has 1 aliphatic rings. The van der Waals surface area contributed by atoms with Crippen molar-refractivity contribution in [2.24, 2.45) is 17.1 Å². The van der Waals surface area contributed by atoms with Crippen molar-refractivity contribution >= 4 is 11.8 Å². The summed E-state index contributed by atoms with van der Waals surface area (Å²) in [6.07, 6.45) is 2.14. The molecule has 2 atom stereocenters. The highest BCUT2D eigenvalue weighted by molar-refractivity contribution is 7.99. The fraction of sp³-hybridized carbons (Fsp3) is 0.833. The monoisotopic (exact) mass is 211 g/mol. The molecule has 2 heteroatoms. The molecule has 0 bridgehead atoms. The van der Waals surface area contributed by atoms with E-state index in [9.17, 15) is 0 Å². The summed E-state index contributed by atoms with van der Waals surface area (Å²) in [6, 6.07) is 0.292. The number of nitrogens with two attached hydrogens (primary N) is 1. The fourth-order valence-electron chi connectivity index (χ4n) is 1.49. The Kier molecular flexibility index (Phi) is 4.34. The molecule has 0 saturated carbocycles. The van der Waals surface area contributed by atoms with Crippen LogP contribution in [0.1, 0.15) is 33.6 Å². The van der Waals surface area contributed by atoms with Crippen LogP contribution in [0, 0.1) is 23.2 Å². The van der Waals surface area contributed by atoms with Crippen molar-refractivity contribution in [3.05, 3.63) is 0 Å². The molecular formula is C12H21NS. The molecule has 0 aromatic rings. The van der Waals surface area contributed by atoms with Crippen LogP contribution in [0.3, 0.4) is 0 Å². The van der Waals surface area contributed by atoms with Crippen LogP contribution >= 0.6 is 11.8 Å². The van der Waals surface area contributed by atoms with E-state index in [2.05, 4.69) is 32.6 Å². The summed E-state index contributed by atoms with van der Waals surface area (Å²) >= 11 is 2.02. The summed E-state index contributed by atoms with van der Waals surface area (Å²) < 4.78 is 0. The molecule has 1 heterocycles. The first-order valence-corrected chi connectivity index (χ1v) is 6.48. The van der Waals surface area contributed by atoms with Gasteiger partial charge in [-0.1, -0.05) is 5.92 Å². The molecule has 0 radical (unpaired) electrons. The van der Waals surface area contributed by atoms with Gasteiger partial charge < -0.3 is 5.73 Å². The van der Waals surface area contributed by atoms with E-state index < -0.39 is 0 Å². The third kappa shape index (κ3) is 4.39. The molecule has 2 unspecified atom stereocenters. The first kappa shape index (κ1) is 11.9. The maximum atomic E-state index is 6.09. The first-order valence-electron chi connectivity index (χ1n) is 5.32. The number of hydrogen-bond acceptors (Lipinski definition) is 2. The average Bonchev–Trinajstić information content (AvgIpc) is 2.53. The second kappa shape index (κ2) is 5.09. The van der Waals surface area contributed by atoms with Crippen molar-refractivity contribution < 1.29 is 0 Å². The summed E-state index contributed by atoms with van der Waals surface area (Å²) in [4.78, 5) is 0. The molecule has 1 aliphatic heterocycles. The van der Waals surface area contributed by atoms with Crippen LogP contribution in [0.25, 0.3) is 0 Å². The molecule has 0 aromatic carbocycles. The fourth-order valence-corrected chi connectivity index (χ4v) is 2.84. The van der Waals surface area contributed by atoms with Crippen LogP contribution in [-0.4, -0.2) is 17.5 Å². The Balaban J connectivity index is 2.32. The highest BCUT2D eigenvalue weighted by Gasteiger charge is 2.21. The molecule has 1 rings (SSSR count). The molecule has 0 amide bonds. The second-order valence-corrected chi connectivity index (χ2v) is 6.19. The van der Waals surface area contributed by atoms with Crippen LogP contribution in [0.2, 0.25) is 0 Å². The third-order valence-electron chi connectivity index (χ3n) is 2.37. The molecule has 14 heavy (non-hydrogen) atoms. The Labute approximate surface area is 92.2 Å². The van der Waals surface area contributed by atoms with Crippen LogP contribution < -0.4 is 5.73 Å². The minimum Gasteiger partial charge on any atom is -0.327 e. The van der Waals surface area contributed by atoms with Gasteiger partial charge in [-0.25, -0.2) is 0 Å². The zero-order valence-electron chi connectivity index (χ0n) is 9.47. The van der Waals surface area contributed by atoms with Gasteiger partial charge in [0.2, 0.25) is 0 Å². The highest BCUT2D eigenvalue weighted by Crippen LogP contribution is 2.26. The lowest BCUT2D eigenvalue weighted by Crippen LogP contribution is -2.29. The normalized spacial score (nSPS) is 24.1. The Morgan fingerprint density at radius 2 is 2.21 bits per heavy atom. The smallest absolute Gasteiger partial charge is 0.0244 e. The predicted octanol–water partition coefficient (Wildman–Crippen LogP) is 2.51. The Morgan fingerprint density at radius 3 is 2.71 bits per heavy atom. The van der Waals surface area contributed by atoms with E-state index in [1.807, 2.05) is 11.8 Å². The van der Waals surface area contributed by atoms with Crippen LogP contribution in [0.4, 0.5) is 0 Å².